The fourth-order valence-corrected chi connectivity index (χ4v) is 7.36. The molecule has 0 bridgehead atoms. The van der Waals surface area contributed by atoms with Crippen LogP contribution in [0.5, 0.6) is 0 Å². The summed E-state index contributed by atoms with van der Waals surface area (Å²) in [5, 5.41) is 86.3. The summed E-state index contributed by atoms with van der Waals surface area (Å²) in [5.41, 5.74) is 0. The van der Waals surface area contributed by atoms with Gasteiger partial charge in [-0.3, -0.25) is 4.79 Å². The number of aliphatic hydroxyl groups is 8. The van der Waals surface area contributed by atoms with E-state index in [1.807, 2.05) is 6.08 Å². The van der Waals surface area contributed by atoms with Gasteiger partial charge in [-0.05, 0) is 32.1 Å². The average molecular weight is 832 g/mol. The Labute approximate surface area is 348 Å². The summed E-state index contributed by atoms with van der Waals surface area (Å²) in [5.74, 6) is -0.252. The number of carbonyl (C=O) groups is 1. The standard InChI is InChI=1S/C44H81NO13/c1-3-5-7-9-11-13-15-16-17-18-20-22-24-26-28-36(49)45-32(33(48)27-25-23-21-19-14-12-10-8-6-4-2)31-55-43-41(54)39(52)42(35(30-47)57-43)58-44-40(53)38(51)37(50)34(29-46)56-44/h14,19,25,27,32-35,37-44,46-48,50-54H,3-13,15-18,20-24,26,28-31H2,1-2H3,(H,45,49)/b19-14+,27-25+. The Bertz CT molecular complexity index is 1080. The SMILES string of the molecule is CCCCCC/C=C/CC/C=C/C(O)C(COC1OC(CO)C(OC2OC(CO)C(O)C(O)C2O)C(O)C1O)NC(=O)CCCCCCCCCCCCCCCC. The van der Waals surface area contributed by atoms with Crippen LogP contribution in [0.2, 0.25) is 0 Å². The predicted octanol–water partition coefficient (Wildman–Crippen LogP) is 4.21. The van der Waals surface area contributed by atoms with E-state index in [1.54, 1.807) is 6.08 Å². The third-order valence-corrected chi connectivity index (χ3v) is 11.1. The molecule has 0 radical (unpaired) electrons. The highest BCUT2D eigenvalue weighted by Gasteiger charge is 2.50. The maximum absolute atomic E-state index is 13.1. The van der Waals surface area contributed by atoms with E-state index < -0.39 is 86.8 Å². The van der Waals surface area contributed by atoms with E-state index in [1.165, 1.54) is 89.9 Å². The van der Waals surface area contributed by atoms with Gasteiger partial charge in [0.05, 0.1) is 32.0 Å². The van der Waals surface area contributed by atoms with Crippen molar-refractivity contribution in [1.29, 1.82) is 0 Å². The summed E-state index contributed by atoms with van der Waals surface area (Å²) < 4.78 is 22.6. The van der Waals surface area contributed by atoms with Gasteiger partial charge in [0.25, 0.3) is 0 Å². The number of hydrogen-bond acceptors (Lipinski definition) is 13. The van der Waals surface area contributed by atoms with Crippen LogP contribution < -0.4 is 5.32 Å². The molecule has 2 saturated heterocycles. The Kier molecular flexibility index (Phi) is 29.2. The smallest absolute Gasteiger partial charge is 0.220 e. The molecule has 0 aromatic carbocycles. The second kappa shape index (κ2) is 32.2. The van der Waals surface area contributed by atoms with Crippen molar-refractivity contribution in [3.05, 3.63) is 24.3 Å². The summed E-state index contributed by atoms with van der Waals surface area (Å²) in [6.45, 7) is 2.70. The van der Waals surface area contributed by atoms with Gasteiger partial charge in [-0.2, -0.15) is 0 Å². The van der Waals surface area contributed by atoms with Crippen LogP contribution in [-0.2, 0) is 23.7 Å². The van der Waals surface area contributed by atoms with Crippen molar-refractivity contribution in [2.75, 3.05) is 19.8 Å². The second-order valence-electron chi connectivity index (χ2n) is 16.2. The molecule has 9 N–H and O–H groups in total. The first kappa shape index (κ1) is 52.6. The number of nitrogens with one attached hydrogen (secondary N) is 1. The summed E-state index contributed by atoms with van der Waals surface area (Å²) in [7, 11) is 0. The monoisotopic (exact) mass is 832 g/mol. The molecule has 340 valence electrons. The summed E-state index contributed by atoms with van der Waals surface area (Å²) >= 11 is 0. The number of amides is 1. The molecule has 12 atom stereocenters. The minimum atomic E-state index is -1.79. The molecule has 2 aliphatic rings. The first-order valence-corrected chi connectivity index (χ1v) is 22.6. The molecule has 14 heteroatoms. The summed E-state index contributed by atoms with van der Waals surface area (Å²) in [6.07, 6.45) is 15.2. The summed E-state index contributed by atoms with van der Waals surface area (Å²) in [6, 6.07) is -0.923. The maximum Gasteiger partial charge on any atom is 0.220 e. The molecular formula is C44H81NO13. The third kappa shape index (κ3) is 20.4. The second-order valence-corrected chi connectivity index (χ2v) is 16.2. The molecule has 1 amide bonds. The van der Waals surface area contributed by atoms with Crippen LogP contribution in [-0.4, -0.2) is 140 Å². The molecule has 58 heavy (non-hydrogen) atoms. The fraction of sp³-hybridized carbons (Fsp3) is 0.886. The van der Waals surface area contributed by atoms with Crippen molar-refractivity contribution < 1.29 is 64.6 Å². The molecular weight excluding hydrogens is 750 g/mol. The molecule has 0 spiro atoms. The van der Waals surface area contributed by atoms with E-state index in [4.69, 9.17) is 18.9 Å². The first-order valence-electron chi connectivity index (χ1n) is 22.6. The highest BCUT2D eigenvalue weighted by atomic mass is 16.7. The Morgan fingerprint density at radius 2 is 1.10 bits per heavy atom. The number of hydrogen-bond donors (Lipinski definition) is 9. The van der Waals surface area contributed by atoms with Crippen molar-refractivity contribution in [1.82, 2.24) is 5.32 Å². The van der Waals surface area contributed by atoms with Crippen molar-refractivity contribution in [3.63, 3.8) is 0 Å². The van der Waals surface area contributed by atoms with Gasteiger partial charge in [-0.1, -0.05) is 141 Å². The number of unbranched alkanes of at least 4 members (excludes halogenated alkanes) is 18. The van der Waals surface area contributed by atoms with Gasteiger partial charge < -0.3 is 65.1 Å². The fourth-order valence-electron chi connectivity index (χ4n) is 7.36. The minimum absolute atomic E-state index is 0.252. The van der Waals surface area contributed by atoms with Gasteiger partial charge in [0.15, 0.2) is 12.6 Å². The van der Waals surface area contributed by atoms with Crippen molar-refractivity contribution in [2.45, 2.75) is 229 Å². The van der Waals surface area contributed by atoms with E-state index in [0.29, 0.717) is 12.8 Å². The zero-order valence-corrected chi connectivity index (χ0v) is 35.5. The lowest BCUT2D eigenvalue weighted by atomic mass is 9.97. The molecule has 0 aromatic rings. The van der Waals surface area contributed by atoms with Crippen molar-refractivity contribution in [3.8, 4) is 0 Å². The third-order valence-electron chi connectivity index (χ3n) is 11.1. The first-order chi connectivity index (χ1) is 28.1. The van der Waals surface area contributed by atoms with Gasteiger partial charge in [0.2, 0.25) is 5.91 Å². The number of aliphatic hydroxyl groups excluding tert-OH is 8. The van der Waals surface area contributed by atoms with E-state index in [0.717, 1.165) is 32.1 Å². The quantitative estimate of drug-likeness (QED) is 0.0334. The van der Waals surface area contributed by atoms with Crippen LogP contribution in [0.1, 0.15) is 155 Å². The molecule has 2 rings (SSSR count). The van der Waals surface area contributed by atoms with Gasteiger partial charge in [0, 0.05) is 6.42 Å². The van der Waals surface area contributed by atoms with Crippen LogP contribution in [0.4, 0.5) is 0 Å². The van der Waals surface area contributed by atoms with E-state index in [-0.39, 0.29) is 18.9 Å². The molecule has 2 aliphatic heterocycles. The van der Waals surface area contributed by atoms with E-state index >= 15 is 0 Å². The van der Waals surface area contributed by atoms with Gasteiger partial charge in [-0.25, -0.2) is 0 Å². The van der Waals surface area contributed by atoms with Crippen molar-refractivity contribution in [2.24, 2.45) is 0 Å². The zero-order chi connectivity index (χ0) is 42.5. The normalized spacial score (nSPS) is 29.0. The highest BCUT2D eigenvalue weighted by Crippen LogP contribution is 2.30. The van der Waals surface area contributed by atoms with Gasteiger partial charge in [-0.15, -0.1) is 0 Å². The van der Waals surface area contributed by atoms with Crippen molar-refractivity contribution >= 4 is 5.91 Å². The lowest BCUT2D eigenvalue weighted by molar-refractivity contribution is -0.359. The lowest BCUT2D eigenvalue weighted by Gasteiger charge is -2.46. The minimum Gasteiger partial charge on any atom is -0.394 e. The topological polar surface area (TPSA) is 228 Å². The highest BCUT2D eigenvalue weighted by molar-refractivity contribution is 5.76. The largest absolute Gasteiger partial charge is 0.394 e. The Hall–Kier alpha value is -1.53. The van der Waals surface area contributed by atoms with Gasteiger partial charge >= 0.3 is 0 Å². The maximum atomic E-state index is 13.1. The van der Waals surface area contributed by atoms with Gasteiger partial charge in [0.1, 0.15) is 48.8 Å². The predicted molar refractivity (Wildman–Crippen MR) is 221 cm³/mol. The molecule has 2 heterocycles. The van der Waals surface area contributed by atoms with Crippen LogP contribution in [0.25, 0.3) is 0 Å². The number of carbonyl (C=O) groups excluding carboxylic acids is 1. The Morgan fingerprint density at radius 1 is 0.603 bits per heavy atom. The molecule has 12 unspecified atom stereocenters. The van der Waals surface area contributed by atoms with E-state index in [9.17, 15) is 45.6 Å². The molecule has 2 fully saturated rings. The Morgan fingerprint density at radius 3 is 1.69 bits per heavy atom. The molecule has 0 aliphatic carbocycles. The lowest BCUT2D eigenvalue weighted by Crippen LogP contribution is -2.65. The zero-order valence-electron chi connectivity index (χ0n) is 35.5. The summed E-state index contributed by atoms with van der Waals surface area (Å²) in [4.78, 5) is 13.1. The van der Waals surface area contributed by atoms with Crippen LogP contribution >= 0.6 is 0 Å². The van der Waals surface area contributed by atoms with Crippen LogP contribution in [0.3, 0.4) is 0 Å². The van der Waals surface area contributed by atoms with Crippen LogP contribution in [0, 0.1) is 0 Å². The number of rotatable bonds is 33. The van der Waals surface area contributed by atoms with Crippen LogP contribution in [0.15, 0.2) is 24.3 Å². The number of ether oxygens (including phenoxy) is 4. The average Bonchev–Trinajstić information content (AvgIpc) is 3.22. The van der Waals surface area contributed by atoms with E-state index in [2.05, 4.69) is 31.3 Å². The Balaban J connectivity index is 1.91. The molecule has 0 saturated carbocycles. The number of allylic oxidation sites excluding steroid dienone is 3. The molecule has 0 aromatic heterocycles. The molecule has 14 nitrogen and oxygen atoms in total.